The van der Waals surface area contributed by atoms with E-state index in [4.69, 9.17) is 15.6 Å². The lowest BCUT2D eigenvalue weighted by molar-refractivity contribution is -0.114. The minimum absolute atomic E-state index is 0.0463. The number of aromatic carboxylic acids is 1. The Balaban J connectivity index is 0.000000261. The SMILES string of the molecule is CN1C(=O)/C(=C\c2cccc(F)c2)C(=O)c2cc(C(=O)O)ccc21.COc1cc(C(N)=O)ccn1. The second kappa shape index (κ2) is 10.4. The van der Waals surface area contributed by atoms with E-state index in [1.807, 2.05) is 0 Å². The van der Waals surface area contributed by atoms with Gasteiger partial charge in [0.15, 0.2) is 0 Å². The van der Waals surface area contributed by atoms with Gasteiger partial charge in [0, 0.05) is 30.4 Å². The molecule has 9 nitrogen and oxygen atoms in total. The smallest absolute Gasteiger partial charge is 0.335 e. The van der Waals surface area contributed by atoms with E-state index in [1.165, 1.54) is 79.9 Å². The lowest BCUT2D eigenvalue weighted by Crippen LogP contribution is -2.36. The number of ketones is 1. The van der Waals surface area contributed by atoms with Crippen LogP contribution in [0.3, 0.4) is 0 Å². The van der Waals surface area contributed by atoms with E-state index in [0.29, 0.717) is 22.7 Å². The van der Waals surface area contributed by atoms with Crippen LogP contribution in [0.4, 0.5) is 10.1 Å². The zero-order valence-electron chi connectivity index (χ0n) is 18.7. The molecule has 0 bridgehead atoms. The Morgan fingerprint density at radius 1 is 1.09 bits per heavy atom. The topological polar surface area (TPSA) is 140 Å². The third-order valence-corrected chi connectivity index (χ3v) is 5.02. The zero-order chi connectivity index (χ0) is 25.7. The van der Waals surface area contributed by atoms with Crippen molar-refractivity contribution in [2.24, 2.45) is 5.73 Å². The molecule has 0 spiro atoms. The molecule has 3 N–H and O–H groups in total. The van der Waals surface area contributed by atoms with Gasteiger partial charge in [-0.2, -0.15) is 0 Å². The van der Waals surface area contributed by atoms with Crippen molar-refractivity contribution >= 4 is 35.3 Å². The minimum Gasteiger partial charge on any atom is -0.481 e. The van der Waals surface area contributed by atoms with Crippen molar-refractivity contribution in [3.63, 3.8) is 0 Å². The molecule has 0 atom stereocenters. The highest BCUT2D eigenvalue weighted by Crippen LogP contribution is 2.31. The maximum atomic E-state index is 13.3. The molecule has 4 rings (SSSR count). The van der Waals surface area contributed by atoms with Crippen LogP contribution >= 0.6 is 0 Å². The van der Waals surface area contributed by atoms with E-state index in [0.717, 1.165) is 0 Å². The number of carboxylic acids is 1. The van der Waals surface area contributed by atoms with Crippen LogP contribution in [0.5, 0.6) is 5.88 Å². The summed E-state index contributed by atoms with van der Waals surface area (Å²) in [5.74, 6) is -2.85. The van der Waals surface area contributed by atoms with Crippen molar-refractivity contribution in [3.05, 3.63) is 94.4 Å². The van der Waals surface area contributed by atoms with Gasteiger partial charge < -0.3 is 20.5 Å². The molecule has 0 radical (unpaired) electrons. The number of nitrogens with two attached hydrogens (primary N) is 1. The lowest BCUT2D eigenvalue weighted by atomic mass is 9.92. The summed E-state index contributed by atoms with van der Waals surface area (Å²) in [6.45, 7) is 0. The molecule has 0 fully saturated rings. The number of halogens is 1. The van der Waals surface area contributed by atoms with Gasteiger partial charge in [-0.3, -0.25) is 14.4 Å². The fourth-order valence-corrected chi connectivity index (χ4v) is 3.24. The number of nitrogens with zero attached hydrogens (tertiary/aromatic N) is 2. The summed E-state index contributed by atoms with van der Waals surface area (Å²) in [6, 6.07) is 12.5. The summed E-state index contributed by atoms with van der Waals surface area (Å²) in [7, 11) is 2.97. The molecular formula is C25H20FN3O6. The number of methoxy groups -OCH3 is 1. The highest BCUT2D eigenvalue weighted by Gasteiger charge is 2.33. The molecule has 10 heteroatoms. The average Bonchev–Trinajstić information content (AvgIpc) is 2.85. The van der Waals surface area contributed by atoms with Crippen LogP contribution in [0.1, 0.15) is 36.6 Å². The fourth-order valence-electron chi connectivity index (χ4n) is 3.24. The molecule has 178 valence electrons. The highest BCUT2D eigenvalue weighted by atomic mass is 19.1. The van der Waals surface area contributed by atoms with E-state index in [9.17, 15) is 23.6 Å². The van der Waals surface area contributed by atoms with Crippen molar-refractivity contribution in [2.75, 3.05) is 19.1 Å². The number of aromatic nitrogens is 1. The quantitative estimate of drug-likeness (QED) is 0.435. The standard InChI is InChI=1S/C18H12FNO4.C7H8N2O2/c1-20-15-6-5-11(18(23)24)9-13(15)16(21)14(17(20)22)8-10-3-2-4-12(19)7-10;1-11-6-4-5(7(8)10)2-3-9-6/h2-9H,1H3,(H,23,24);2-4H,1H3,(H2,8,10)/b14-8-;. The van der Waals surface area contributed by atoms with Crippen LogP contribution in [-0.4, -0.2) is 47.8 Å². The maximum absolute atomic E-state index is 13.3. The maximum Gasteiger partial charge on any atom is 0.335 e. The highest BCUT2D eigenvalue weighted by molar-refractivity contribution is 6.36. The van der Waals surface area contributed by atoms with Crippen LogP contribution < -0.4 is 15.4 Å². The summed E-state index contributed by atoms with van der Waals surface area (Å²) in [6.07, 6.45) is 2.78. The predicted molar refractivity (Wildman–Crippen MR) is 125 cm³/mol. The van der Waals surface area contributed by atoms with Crippen molar-refractivity contribution in [3.8, 4) is 5.88 Å². The molecule has 2 aromatic carbocycles. The first-order valence-electron chi connectivity index (χ1n) is 10.1. The second-order valence-corrected chi connectivity index (χ2v) is 7.29. The van der Waals surface area contributed by atoms with Crippen LogP contribution in [0.15, 0.2) is 66.4 Å². The largest absolute Gasteiger partial charge is 0.481 e. The normalized spacial score (nSPS) is 13.6. The number of fused-ring (bicyclic) bond motifs is 1. The number of hydrogen-bond donors (Lipinski definition) is 2. The second-order valence-electron chi connectivity index (χ2n) is 7.29. The van der Waals surface area contributed by atoms with E-state index >= 15 is 0 Å². The molecule has 2 amide bonds. The van der Waals surface area contributed by atoms with Crippen molar-refractivity contribution < 1.29 is 33.4 Å². The monoisotopic (exact) mass is 477 g/mol. The van der Waals surface area contributed by atoms with Gasteiger partial charge in [-0.15, -0.1) is 0 Å². The first-order chi connectivity index (χ1) is 16.6. The van der Waals surface area contributed by atoms with Crippen molar-refractivity contribution in [1.29, 1.82) is 0 Å². The van der Waals surface area contributed by atoms with E-state index in [2.05, 4.69) is 4.98 Å². The number of carboxylic acid groups (broad SMARTS) is 1. The molecule has 0 unspecified atom stereocenters. The summed E-state index contributed by atoms with van der Waals surface area (Å²) in [5.41, 5.74) is 6.07. The molecule has 1 aliphatic rings. The number of rotatable bonds is 4. The first kappa shape index (κ1) is 24.8. The predicted octanol–water partition coefficient (Wildman–Crippen LogP) is 2.96. The summed E-state index contributed by atoms with van der Waals surface area (Å²) >= 11 is 0. The molecule has 0 saturated heterocycles. The van der Waals surface area contributed by atoms with Gasteiger partial charge in [-0.25, -0.2) is 14.2 Å². The van der Waals surface area contributed by atoms with Gasteiger partial charge in [-0.05, 0) is 48.0 Å². The van der Waals surface area contributed by atoms with Gasteiger partial charge in [-0.1, -0.05) is 12.1 Å². The Hall–Kier alpha value is -4.86. The number of ether oxygens (including phenoxy) is 1. The van der Waals surface area contributed by atoms with Crippen LogP contribution in [0.25, 0.3) is 6.08 Å². The van der Waals surface area contributed by atoms with E-state index in [1.54, 1.807) is 6.07 Å². The third kappa shape index (κ3) is 5.56. The van der Waals surface area contributed by atoms with Gasteiger partial charge in [0.2, 0.25) is 17.6 Å². The number of carbonyl (C=O) groups excluding carboxylic acids is 3. The van der Waals surface area contributed by atoms with Gasteiger partial charge in [0.1, 0.15) is 5.82 Å². The Kier molecular flexibility index (Phi) is 7.35. The summed E-state index contributed by atoms with van der Waals surface area (Å²) < 4.78 is 18.1. The molecule has 0 aliphatic carbocycles. The lowest BCUT2D eigenvalue weighted by Gasteiger charge is -2.26. The average molecular weight is 477 g/mol. The van der Waals surface area contributed by atoms with Crippen LogP contribution in [-0.2, 0) is 4.79 Å². The number of pyridine rings is 1. The zero-order valence-corrected chi connectivity index (χ0v) is 18.7. The number of carbonyl (C=O) groups is 4. The molecule has 1 aliphatic heterocycles. The van der Waals surface area contributed by atoms with E-state index in [-0.39, 0.29) is 16.7 Å². The Bertz CT molecular complexity index is 1370. The van der Waals surface area contributed by atoms with E-state index < -0.39 is 29.4 Å². The number of primary amides is 1. The molecule has 35 heavy (non-hydrogen) atoms. The Labute approximate surface area is 199 Å². The number of benzene rings is 2. The fraction of sp³-hybridized carbons (Fsp3) is 0.0800. The van der Waals surface area contributed by atoms with Crippen molar-refractivity contribution in [2.45, 2.75) is 0 Å². The summed E-state index contributed by atoms with van der Waals surface area (Å²) in [5, 5.41) is 9.07. The van der Waals surface area contributed by atoms with Gasteiger partial charge in [0.25, 0.3) is 5.91 Å². The molecule has 1 aromatic heterocycles. The molecule has 3 aromatic rings. The Morgan fingerprint density at radius 3 is 2.46 bits per heavy atom. The van der Waals surface area contributed by atoms with Crippen molar-refractivity contribution in [1.82, 2.24) is 4.98 Å². The number of Topliss-reactive ketones (excluding diaryl/α,β-unsaturated/α-hetero) is 1. The third-order valence-electron chi connectivity index (χ3n) is 5.02. The Morgan fingerprint density at radius 2 is 1.83 bits per heavy atom. The number of amides is 2. The van der Waals surface area contributed by atoms with Gasteiger partial charge >= 0.3 is 5.97 Å². The number of anilines is 1. The number of likely N-dealkylation sites (N-methyl/N-ethyl adjacent to an activating group) is 1. The van der Waals surface area contributed by atoms with Crippen LogP contribution in [0, 0.1) is 5.82 Å². The van der Waals surface area contributed by atoms with Crippen LogP contribution in [0.2, 0.25) is 0 Å². The molecule has 0 saturated carbocycles. The molecule has 2 heterocycles. The van der Waals surface area contributed by atoms with Gasteiger partial charge in [0.05, 0.1) is 23.9 Å². The number of hydrogen-bond acceptors (Lipinski definition) is 6. The summed E-state index contributed by atoms with van der Waals surface area (Å²) in [4.78, 5) is 51.9. The first-order valence-corrected chi connectivity index (χ1v) is 10.1. The molecular weight excluding hydrogens is 457 g/mol. The minimum atomic E-state index is -1.17.